The van der Waals surface area contributed by atoms with Crippen molar-refractivity contribution in [2.24, 2.45) is 0 Å². The largest absolute Gasteiger partial charge is 0.486 e. The Hall–Kier alpha value is -2.73. The lowest BCUT2D eigenvalue weighted by molar-refractivity contribution is 0.0462. The van der Waals surface area contributed by atoms with Crippen LogP contribution in [0.15, 0.2) is 53.3 Å². The lowest BCUT2D eigenvalue weighted by Crippen LogP contribution is -2.46. The first-order valence-corrected chi connectivity index (χ1v) is 9.58. The van der Waals surface area contributed by atoms with Crippen molar-refractivity contribution in [2.75, 3.05) is 26.2 Å². The molecule has 0 radical (unpaired) electrons. The Morgan fingerprint density at radius 3 is 2.81 bits per heavy atom. The predicted octanol–water partition coefficient (Wildman–Crippen LogP) is 2.81. The molecule has 0 saturated carbocycles. The third-order valence-electron chi connectivity index (χ3n) is 5.50. The number of fused-ring (bicyclic) bond motifs is 2. The average Bonchev–Trinajstić information content (AvgIpc) is 3.04. The lowest BCUT2D eigenvalue weighted by atomic mass is 10.0. The summed E-state index contributed by atoms with van der Waals surface area (Å²) in [5.74, 6) is 1.63. The molecule has 2 atom stereocenters. The van der Waals surface area contributed by atoms with Crippen LogP contribution in [0.1, 0.15) is 18.9 Å². The van der Waals surface area contributed by atoms with Gasteiger partial charge < -0.3 is 14.5 Å². The van der Waals surface area contributed by atoms with Gasteiger partial charge in [0.1, 0.15) is 12.7 Å². The molecule has 3 heterocycles. The van der Waals surface area contributed by atoms with Gasteiger partial charge in [0.05, 0.1) is 17.1 Å². The molecule has 2 aromatic carbocycles. The van der Waals surface area contributed by atoms with Gasteiger partial charge in [-0.1, -0.05) is 24.3 Å². The molecule has 3 aromatic rings. The fraction of sp³-hybridized carbons (Fsp3) is 0.381. The molecular weight excluding hydrogens is 342 g/mol. The Kier molecular flexibility index (Phi) is 4.13. The fourth-order valence-corrected chi connectivity index (χ4v) is 4.29. The minimum Gasteiger partial charge on any atom is -0.486 e. The second-order valence-corrected chi connectivity index (χ2v) is 7.37. The zero-order valence-corrected chi connectivity index (χ0v) is 15.1. The smallest absolute Gasteiger partial charge is 0.326 e. The molecule has 140 valence electrons. The number of benzene rings is 2. The van der Waals surface area contributed by atoms with E-state index in [1.807, 2.05) is 53.1 Å². The first kappa shape index (κ1) is 16.4. The van der Waals surface area contributed by atoms with Crippen molar-refractivity contribution in [1.29, 1.82) is 0 Å². The predicted molar refractivity (Wildman–Crippen MR) is 104 cm³/mol. The normalized spacial score (nSPS) is 22.8. The zero-order valence-electron chi connectivity index (χ0n) is 15.1. The average molecular weight is 365 g/mol. The highest BCUT2D eigenvalue weighted by atomic mass is 16.6. The van der Waals surface area contributed by atoms with Crippen LogP contribution in [0.25, 0.3) is 11.0 Å². The Morgan fingerprint density at radius 2 is 1.89 bits per heavy atom. The summed E-state index contributed by atoms with van der Waals surface area (Å²) < 4.78 is 13.9. The van der Waals surface area contributed by atoms with Gasteiger partial charge in [0.25, 0.3) is 0 Å². The summed E-state index contributed by atoms with van der Waals surface area (Å²) in [7, 11) is 0. The van der Waals surface area contributed by atoms with Crippen LogP contribution in [0.4, 0.5) is 0 Å². The third-order valence-corrected chi connectivity index (χ3v) is 5.50. The van der Waals surface area contributed by atoms with Crippen molar-refractivity contribution in [2.45, 2.75) is 25.0 Å². The highest BCUT2D eigenvalue weighted by Crippen LogP contribution is 2.31. The van der Waals surface area contributed by atoms with E-state index in [1.54, 1.807) is 0 Å². The van der Waals surface area contributed by atoms with E-state index in [0.717, 1.165) is 55.0 Å². The van der Waals surface area contributed by atoms with E-state index in [0.29, 0.717) is 6.61 Å². The number of hydrogen-bond acceptors (Lipinski definition) is 4. The number of rotatable bonds is 3. The minimum absolute atomic E-state index is 0.0124. The maximum Gasteiger partial charge on any atom is 0.326 e. The number of hydrogen-bond donors (Lipinski definition) is 1. The SMILES string of the molecule is O=c1[nH]c2ccccc2n1[C@H]1CCCN(C[C@H]2COc3ccccc3O2)C1. The minimum atomic E-state index is -0.0192. The van der Waals surface area contributed by atoms with Crippen molar-refractivity contribution in [3.05, 3.63) is 59.0 Å². The van der Waals surface area contributed by atoms with E-state index in [2.05, 4.69) is 9.88 Å². The summed E-state index contributed by atoms with van der Waals surface area (Å²) in [5, 5.41) is 0. The molecule has 0 unspecified atom stereocenters. The second kappa shape index (κ2) is 6.78. The Bertz CT molecular complexity index is 1010. The van der Waals surface area contributed by atoms with Crippen molar-refractivity contribution in [1.82, 2.24) is 14.5 Å². The van der Waals surface area contributed by atoms with Gasteiger partial charge in [-0.15, -0.1) is 0 Å². The standard InChI is InChI=1S/C21H23N3O3/c25-21-22-17-7-1-2-8-18(17)24(21)15-6-5-11-23(12-15)13-16-14-26-19-9-3-4-10-20(19)27-16/h1-4,7-10,15-16H,5-6,11-14H2,(H,22,25)/t15-,16-/m0/s1. The van der Waals surface area contributed by atoms with Gasteiger partial charge in [0.15, 0.2) is 11.5 Å². The van der Waals surface area contributed by atoms with Gasteiger partial charge in [0.2, 0.25) is 0 Å². The van der Waals surface area contributed by atoms with Gasteiger partial charge in [-0.25, -0.2) is 4.79 Å². The number of piperidine rings is 1. The molecule has 27 heavy (non-hydrogen) atoms. The second-order valence-electron chi connectivity index (χ2n) is 7.37. The number of aromatic amines is 1. The van der Waals surface area contributed by atoms with E-state index >= 15 is 0 Å². The van der Waals surface area contributed by atoms with Crippen LogP contribution in [-0.4, -0.2) is 46.8 Å². The summed E-state index contributed by atoms with van der Waals surface area (Å²) in [6.07, 6.45) is 2.10. The number of para-hydroxylation sites is 4. The van der Waals surface area contributed by atoms with Crippen molar-refractivity contribution >= 4 is 11.0 Å². The highest BCUT2D eigenvalue weighted by molar-refractivity contribution is 5.75. The molecule has 1 saturated heterocycles. The highest BCUT2D eigenvalue weighted by Gasteiger charge is 2.28. The van der Waals surface area contributed by atoms with Crippen molar-refractivity contribution in [3.63, 3.8) is 0 Å². The summed E-state index contributed by atoms with van der Waals surface area (Å²) in [6, 6.07) is 15.9. The van der Waals surface area contributed by atoms with E-state index in [9.17, 15) is 4.79 Å². The number of H-pyrrole nitrogens is 1. The third kappa shape index (κ3) is 3.10. The van der Waals surface area contributed by atoms with E-state index in [1.165, 1.54) is 0 Å². The number of nitrogens with one attached hydrogen (secondary N) is 1. The molecule has 0 aliphatic carbocycles. The van der Waals surface area contributed by atoms with E-state index < -0.39 is 0 Å². The quantitative estimate of drug-likeness (QED) is 0.775. The monoisotopic (exact) mass is 365 g/mol. The maximum atomic E-state index is 12.5. The molecule has 2 aliphatic rings. The van der Waals surface area contributed by atoms with Crippen molar-refractivity contribution < 1.29 is 9.47 Å². The molecule has 6 heteroatoms. The molecule has 5 rings (SSSR count). The van der Waals surface area contributed by atoms with Crippen LogP contribution in [-0.2, 0) is 0 Å². The molecule has 1 fully saturated rings. The van der Waals surface area contributed by atoms with E-state index in [-0.39, 0.29) is 17.8 Å². The summed E-state index contributed by atoms with van der Waals surface area (Å²) in [4.78, 5) is 17.9. The molecule has 0 bridgehead atoms. The number of likely N-dealkylation sites (tertiary alicyclic amines) is 1. The molecule has 2 aliphatic heterocycles. The maximum absolute atomic E-state index is 12.5. The van der Waals surface area contributed by atoms with Gasteiger partial charge in [-0.05, 0) is 43.7 Å². The molecular formula is C21H23N3O3. The molecule has 6 nitrogen and oxygen atoms in total. The molecule has 1 N–H and O–H groups in total. The van der Waals surface area contributed by atoms with Gasteiger partial charge in [-0.2, -0.15) is 0 Å². The number of ether oxygens (including phenoxy) is 2. The Balaban J connectivity index is 1.32. The van der Waals surface area contributed by atoms with Crippen LogP contribution >= 0.6 is 0 Å². The Labute approximate surface area is 157 Å². The first-order valence-electron chi connectivity index (χ1n) is 9.58. The van der Waals surface area contributed by atoms with Gasteiger partial charge >= 0.3 is 5.69 Å². The van der Waals surface area contributed by atoms with Crippen LogP contribution in [0.5, 0.6) is 11.5 Å². The lowest BCUT2D eigenvalue weighted by Gasteiger charge is -2.36. The summed E-state index contributed by atoms with van der Waals surface area (Å²) >= 11 is 0. The summed E-state index contributed by atoms with van der Waals surface area (Å²) in [5.41, 5.74) is 1.87. The van der Waals surface area contributed by atoms with Crippen LogP contribution < -0.4 is 15.2 Å². The first-order chi connectivity index (χ1) is 13.3. The Morgan fingerprint density at radius 1 is 1.07 bits per heavy atom. The molecule has 1 aromatic heterocycles. The molecule has 0 spiro atoms. The number of imidazole rings is 1. The van der Waals surface area contributed by atoms with Crippen LogP contribution in [0, 0.1) is 0 Å². The van der Waals surface area contributed by atoms with Gasteiger partial charge in [0, 0.05) is 13.1 Å². The topological polar surface area (TPSA) is 59.5 Å². The van der Waals surface area contributed by atoms with Gasteiger partial charge in [-0.3, -0.25) is 9.47 Å². The van der Waals surface area contributed by atoms with E-state index in [4.69, 9.17) is 9.47 Å². The fourth-order valence-electron chi connectivity index (χ4n) is 4.29. The van der Waals surface area contributed by atoms with Crippen molar-refractivity contribution in [3.8, 4) is 11.5 Å². The number of aromatic nitrogens is 2. The zero-order chi connectivity index (χ0) is 18.2. The molecule has 0 amide bonds. The number of nitrogens with zero attached hydrogens (tertiary/aromatic N) is 2. The van der Waals surface area contributed by atoms with Crippen LogP contribution in [0.3, 0.4) is 0 Å². The van der Waals surface area contributed by atoms with Crippen LogP contribution in [0.2, 0.25) is 0 Å². The summed E-state index contributed by atoms with van der Waals surface area (Å²) in [6.45, 7) is 3.24.